The fraction of sp³-hybridized carbons (Fsp3) is 0.130. The molecule has 0 bridgehead atoms. The van der Waals surface area contributed by atoms with Crippen LogP contribution in [0.2, 0.25) is 0 Å². The van der Waals surface area contributed by atoms with Gasteiger partial charge in [0.15, 0.2) is 6.61 Å². The minimum absolute atomic E-state index is 0.192. The molecular formula is C23H20N4O5. The fourth-order valence-corrected chi connectivity index (χ4v) is 3.38. The summed E-state index contributed by atoms with van der Waals surface area (Å²) in [4.78, 5) is 37.2. The average Bonchev–Trinajstić information content (AvgIpc) is 2.81. The van der Waals surface area contributed by atoms with Gasteiger partial charge in [-0.15, -0.1) is 0 Å². The SMILES string of the molecule is O=C(CN1C(=O)COc2ccc([N+](=O)[O-])cc21)NN(Cc1ccccc1)c1ccccc1. The van der Waals surface area contributed by atoms with E-state index in [2.05, 4.69) is 5.43 Å². The maximum absolute atomic E-state index is 12.9. The van der Waals surface area contributed by atoms with E-state index < -0.39 is 16.7 Å². The van der Waals surface area contributed by atoms with Gasteiger partial charge in [0.05, 0.1) is 22.8 Å². The van der Waals surface area contributed by atoms with Crippen molar-refractivity contribution in [2.75, 3.05) is 23.1 Å². The van der Waals surface area contributed by atoms with E-state index in [0.717, 1.165) is 11.3 Å². The number of nitro groups is 1. The van der Waals surface area contributed by atoms with Crippen LogP contribution in [0, 0.1) is 10.1 Å². The lowest BCUT2D eigenvalue weighted by Crippen LogP contribution is -2.50. The largest absolute Gasteiger partial charge is 0.482 e. The average molecular weight is 432 g/mol. The highest BCUT2D eigenvalue weighted by atomic mass is 16.6. The van der Waals surface area contributed by atoms with Gasteiger partial charge in [-0.1, -0.05) is 48.5 Å². The Labute approximate surface area is 183 Å². The van der Waals surface area contributed by atoms with Crippen LogP contribution in [0.5, 0.6) is 5.75 Å². The molecule has 2 amide bonds. The third-order valence-corrected chi connectivity index (χ3v) is 4.91. The number of nitro benzene ring substituents is 1. The number of hydrogen-bond acceptors (Lipinski definition) is 6. The number of carbonyl (C=O) groups is 2. The maximum atomic E-state index is 12.9. The molecule has 3 aromatic rings. The highest BCUT2D eigenvalue weighted by molar-refractivity contribution is 6.02. The van der Waals surface area contributed by atoms with Gasteiger partial charge in [0, 0.05) is 12.1 Å². The molecule has 0 saturated heterocycles. The number of benzene rings is 3. The standard InChI is InChI=1S/C23H20N4O5/c28-22(15-25-20-13-19(27(30)31)11-12-21(20)32-16-23(25)29)24-26(18-9-5-2-6-10-18)14-17-7-3-1-4-8-17/h1-13H,14-16H2,(H,24,28). The summed E-state index contributed by atoms with van der Waals surface area (Å²) in [6, 6.07) is 22.9. The zero-order valence-electron chi connectivity index (χ0n) is 17.0. The van der Waals surface area contributed by atoms with Crippen LogP contribution >= 0.6 is 0 Å². The molecule has 1 heterocycles. The monoisotopic (exact) mass is 432 g/mol. The molecule has 1 aliphatic rings. The first kappa shape index (κ1) is 20.9. The van der Waals surface area contributed by atoms with Crippen molar-refractivity contribution in [3.05, 3.63) is 94.5 Å². The molecule has 1 aliphatic heterocycles. The third-order valence-electron chi connectivity index (χ3n) is 4.91. The number of para-hydroxylation sites is 1. The molecule has 4 rings (SSSR count). The van der Waals surface area contributed by atoms with Crippen molar-refractivity contribution in [2.45, 2.75) is 6.54 Å². The van der Waals surface area contributed by atoms with Gasteiger partial charge in [0.25, 0.3) is 17.5 Å². The number of hydrazine groups is 1. The van der Waals surface area contributed by atoms with Crippen molar-refractivity contribution in [3.63, 3.8) is 0 Å². The summed E-state index contributed by atoms with van der Waals surface area (Å²) in [5, 5.41) is 12.8. The van der Waals surface area contributed by atoms with Crippen molar-refractivity contribution >= 4 is 28.9 Å². The van der Waals surface area contributed by atoms with Crippen LogP contribution in [0.3, 0.4) is 0 Å². The molecule has 0 radical (unpaired) electrons. The molecule has 3 aromatic carbocycles. The number of ether oxygens (including phenoxy) is 1. The van der Waals surface area contributed by atoms with E-state index >= 15 is 0 Å². The number of hydrogen-bond donors (Lipinski definition) is 1. The number of nitrogens with one attached hydrogen (secondary N) is 1. The summed E-state index contributed by atoms with van der Waals surface area (Å²) >= 11 is 0. The van der Waals surface area contributed by atoms with Crippen LogP contribution in [-0.2, 0) is 16.1 Å². The summed E-state index contributed by atoms with van der Waals surface area (Å²) in [6.45, 7) is -0.144. The van der Waals surface area contributed by atoms with Crippen LogP contribution in [0.15, 0.2) is 78.9 Å². The number of amides is 2. The molecule has 1 N–H and O–H groups in total. The van der Waals surface area contributed by atoms with Crippen LogP contribution < -0.4 is 20.1 Å². The maximum Gasteiger partial charge on any atom is 0.271 e. The quantitative estimate of drug-likeness (QED) is 0.454. The normalized spacial score (nSPS) is 12.5. The summed E-state index contributed by atoms with van der Waals surface area (Å²) in [5.74, 6) is -0.591. The van der Waals surface area contributed by atoms with Gasteiger partial charge in [-0.25, -0.2) is 0 Å². The Morgan fingerprint density at radius 2 is 1.75 bits per heavy atom. The zero-order chi connectivity index (χ0) is 22.5. The predicted octanol–water partition coefficient (Wildman–Crippen LogP) is 3.06. The molecule has 0 spiro atoms. The first-order chi connectivity index (χ1) is 15.5. The first-order valence-electron chi connectivity index (χ1n) is 9.89. The molecule has 0 aromatic heterocycles. The summed E-state index contributed by atoms with van der Waals surface area (Å²) < 4.78 is 5.36. The van der Waals surface area contributed by atoms with Crippen molar-refractivity contribution < 1.29 is 19.2 Å². The Kier molecular flexibility index (Phi) is 5.98. The van der Waals surface area contributed by atoms with Crippen LogP contribution in [0.1, 0.15) is 5.56 Å². The Morgan fingerprint density at radius 3 is 2.44 bits per heavy atom. The van der Waals surface area contributed by atoms with Crippen LogP contribution in [0.4, 0.5) is 17.1 Å². The van der Waals surface area contributed by atoms with Gasteiger partial charge >= 0.3 is 0 Å². The second-order valence-electron chi connectivity index (χ2n) is 7.12. The van der Waals surface area contributed by atoms with Gasteiger partial charge in [-0.2, -0.15) is 0 Å². The van der Waals surface area contributed by atoms with E-state index in [9.17, 15) is 19.7 Å². The Morgan fingerprint density at radius 1 is 1.06 bits per heavy atom. The molecule has 0 fully saturated rings. The molecule has 0 atom stereocenters. The van der Waals surface area contributed by atoms with Gasteiger partial charge in [-0.3, -0.25) is 35.0 Å². The second-order valence-corrected chi connectivity index (χ2v) is 7.12. The van der Waals surface area contributed by atoms with E-state index in [-0.39, 0.29) is 24.5 Å². The highest BCUT2D eigenvalue weighted by Gasteiger charge is 2.29. The summed E-state index contributed by atoms with van der Waals surface area (Å²) in [5.41, 5.74) is 4.60. The van der Waals surface area contributed by atoms with Crippen LogP contribution in [-0.4, -0.2) is 29.9 Å². The van der Waals surface area contributed by atoms with Gasteiger partial charge < -0.3 is 4.74 Å². The summed E-state index contributed by atoms with van der Waals surface area (Å²) in [7, 11) is 0. The van der Waals surface area contributed by atoms with Gasteiger partial charge in [0.1, 0.15) is 12.3 Å². The lowest BCUT2D eigenvalue weighted by molar-refractivity contribution is -0.384. The molecular weight excluding hydrogens is 412 g/mol. The summed E-state index contributed by atoms with van der Waals surface area (Å²) in [6.07, 6.45) is 0. The Hall–Kier alpha value is -4.40. The predicted molar refractivity (Wildman–Crippen MR) is 118 cm³/mol. The van der Waals surface area contributed by atoms with Crippen molar-refractivity contribution in [2.24, 2.45) is 0 Å². The number of carbonyl (C=O) groups excluding carboxylic acids is 2. The third kappa shape index (κ3) is 4.67. The number of non-ortho nitro benzene ring substituents is 1. The van der Waals surface area contributed by atoms with Crippen molar-refractivity contribution in [3.8, 4) is 5.75 Å². The van der Waals surface area contributed by atoms with Crippen molar-refractivity contribution in [1.29, 1.82) is 0 Å². The number of rotatable bonds is 7. The minimum atomic E-state index is -0.561. The molecule has 162 valence electrons. The zero-order valence-corrected chi connectivity index (χ0v) is 17.0. The van der Waals surface area contributed by atoms with Crippen molar-refractivity contribution in [1.82, 2.24) is 5.43 Å². The smallest absolute Gasteiger partial charge is 0.271 e. The molecule has 0 aliphatic carbocycles. The van der Waals surface area contributed by atoms with E-state index in [1.807, 2.05) is 60.7 Å². The number of anilines is 2. The van der Waals surface area contributed by atoms with E-state index in [1.54, 1.807) is 5.01 Å². The first-order valence-corrected chi connectivity index (χ1v) is 9.89. The van der Waals surface area contributed by atoms with E-state index in [0.29, 0.717) is 12.3 Å². The lowest BCUT2D eigenvalue weighted by atomic mass is 10.2. The highest BCUT2D eigenvalue weighted by Crippen LogP contribution is 2.35. The minimum Gasteiger partial charge on any atom is -0.482 e. The molecule has 0 unspecified atom stereocenters. The van der Waals surface area contributed by atoms with Gasteiger partial charge in [0.2, 0.25) is 0 Å². The Bertz CT molecular complexity index is 1140. The Balaban J connectivity index is 1.55. The van der Waals surface area contributed by atoms with E-state index in [1.165, 1.54) is 23.1 Å². The van der Waals surface area contributed by atoms with Gasteiger partial charge in [-0.05, 0) is 23.8 Å². The molecule has 9 nitrogen and oxygen atoms in total. The molecule has 0 saturated carbocycles. The molecule has 9 heteroatoms. The molecule has 32 heavy (non-hydrogen) atoms. The second kappa shape index (κ2) is 9.17. The number of fused-ring (bicyclic) bond motifs is 1. The number of nitrogens with zero attached hydrogens (tertiary/aromatic N) is 3. The topological polar surface area (TPSA) is 105 Å². The van der Waals surface area contributed by atoms with Crippen LogP contribution in [0.25, 0.3) is 0 Å². The lowest BCUT2D eigenvalue weighted by Gasteiger charge is -2.30. The van der Waals surface area contributed by atoms with E-state index in [4.69, 9.17) is 4.74 Å². The fourth-order valence-electron chi connectivity index (χ4n) is 3.38.